The molecule has 0 saturated heterocycles. The van der Waals surface area contributed by atoms with Crippen LogP contribution in [0.15, 0.2) is 54.9 Å². The number of rotatable bonds is 3. The van der Waals surface area contributed by atoms with E-state index in [1.54, 1.807) is 0 Å². The molecule has 6 heteroatoms. The van der Waals surface area contributed by atoms with Crippen molar-refractivity contribution in [3.05, 3.63) is 71.8 Å². The maximum Gasteiger partial charge on any atom is 0.0875 e. The molecule has 0 aliphatic carbocycles. The van der Waals surface area contributed by atoms with E-state index in [2.05, 4.69) is 56.7 Å². The van der Waals surface area contributed by atoms with Gasteiger partial charge in [-0.15, -0.1) is 5.10 Å². The minimum atomic E-state index is 0.745. The monoisotopic (exact) mass is 328 g/mol. The number of fused-ring (bicyclic) bond motifs is 2. The number of hydrogen-bond acceptors (Lipinski definition) is 3. The van der Waals surface area contributed by atoms with E-state index in [1.165, 1.54) is 16.6 Å². The van der Waals surface area contributed by atoms with Gasteiger partial charge in [0.25, 0.3) is 0 Å². The van der Waals surface area contributed by atoms with Crippen molar-refractivity contribution in [2.45, 2.75) is 13.3 Å². The second-order valence-corrected chi connectivity index (χ2v) is 6.31. The minimum Gasteiger partial charge on any atom is -0.359 e. The highest BCUT2D eigenvalue weighted by molar-refractivity contribution is 5.86. The normalized spacial score (nSPS) is 11.6. The van der Waals surface area contributed by atoms with Gasteiger partial charge in [0.05, 0.1) is 29.3 Å². The summed E-state index contributed by atoms with van der Waals surface area (Å²) in [6, 6.07) is 14.6. The molecule has 0 aliphatic heterocycles. The zero-order chi connectivity index (χ0) is 16.8. The molecule has 5 rings (SSSR count). The summed E-state index contributed by atoms with van der Waals surface area (Å²) in [6.07, 6.45) is 4.54. The summed E-state index contributed by atoms with van der Waals surface area (Å²) in [4.78, 5) is 3.38. The van der Waals surface area contributed by atoms with Crippen LogP contribution in [0.1, 0.15) is 17.0 Å². The molecule has 3 aromatic heterocycles. The summed E-state index contributed by atoms with van der Waals surface area (Å²) in [5.41, 5.74) is 6.44. The smallest absolute Gasteiger partial charge is 0.0875 e. The molecule has 0 spiro atoms. The number of aromatic nitrogens is 6. The van der Waals surface area contributed by atoms with Gasteiger partial charge in [-0.05, 0) is 42.1 Å². The maximum atomic E-state index is 4.34. The first kappa shape index (κ1) is 14.0. The van der Waals surface area contributed by atoms with Gasteiger partial charge in [-0.25, -0.2) is 4.68 Å². The summed E-state index contributed by atoms with van der Waals surface area (Å²) >= 11 is 0. The Morgan fingerprint density at radius 1 is 1.08 bits per heavy atom. The zero-order valence-corrected chi connectivity index (χ0v) is 13.7. The van der Waals surface area contributed by atoms with Gasteiger partial charge in [-0.1, -0.05) is 23.4 Å². The highest BCUT2D eigenvalue weighted by Gasteiger charge is 2.09. The van der Waals surface area contributed by atoms with Crippen LogP contribution in [0.5, 0.6) is 0 Å². The van der Waals surface area contributed by atoms with E-state index in [9.17, 15) is 0 Å². The molecule has 0 aliphatic rings. The van der Waals surface area contributed by atoms with Crippen molar-refractivity contribution in [2.75, 3.05) is 0 Å². The number of nitrogens with one attached hydrogen (secondary N) is 2. The summed E-state index contributed by atoms with van der Waals surface area (Å²) in [5, 5.41) is 18.0. The molecule has 122 valence electrons. The summed E-state index contributed by atoms with van der Waals surface area (Å²) in [7, 11) is 0. The molecule has 0 amide bonds. The molecule has 0 bridgehead atoms. The van der Waals surface area contributed by atoms with E-state index >= 15 is 0 Å². The van der Waals surface area contributed by atoms with Crippen molar-refractivity contribution in [2.24, 2.45) is 0 Å². The van der Waals surface area contributed by atoms with E-state index in [4.69, 9.17) is 0 Å². The number of aryl methyl sites for hydroxylation is 1. The highest BCUT2D eigenvalue weighted by atomic mass is 15.4. The first-order valence-electron chi connectivity index (χ1n) is 8.18. The van der Waals surface area contributed by atoms with Crippen molar-refractivity contribution in [1.82, 2.24) is 30.2 Å². The van der Waals surface area contributed by atoms with Crippen molar-refractivity contribution < 1.29 is 0 Å². The van der Waals surface area contributed by atoms with Crippen LogP contribution in [-0.2, 0) is 6.42 Å². The van der Waals surface area contributed by atoms with E-state index in [0.717, 1.165) is 34.2 Å². The molecular weight excluding hydrogens is 312 g/mol. The Morgan fingerprint density at radius 2 is 2.04 bits per heavy atom. The molecule has 0 saturated carbocycles. The Bertz CT molecular complexity index is 1190. The van der Waals surface area contributed by atoms with Crippen LogP contribution in [0, 0.1) is 6.92 Å². The van der Waals surface area contributed by atoms with E-state index in [0.29, 0.717) is 0 Å². The van der Waals surface area contributed by atoms with Gasteiger partial charge in [-0.2, -0.15) is 5.10 Å². The van der Waals surface area contributed by atoms with Crippen molar-refractivity contribution in [1.29, 1.82) is 0 Å². The molecule has 3 heterocycles. The number of aromatic amines is 2. The van der Waals surface area contributed by atoms with Crippen molar-refractivity contribution in [3.8, 4) is 5.69 Å². The Labute approximate surface area is 143 Å². The predicted molar refractivity (Wildman–Crippen MR) is 96.9 cm³/mol. The van der Waals surface area contributed by atoms with Gasteiger partial charge in [0, 0.05) is 23.0 Å². The zero-order valence-electron chi connectivity index (χ0n) is 13.7. The average Bonchev–Trinajstić information content (AvgIpc) is 3.32. The molecule has 25 heavy (non-hydrogen) atoms. The van der Waals surface area contributed by atoms with E-state index in [-0.39, 0.29) is 0 Å². The topological polar surface area (TPSA) is 75.2 Å². The molecular formula is C19H16N6. The Hall–Kier alpha value is -3.41. The second-order valence-electron chi connectivity index (χ2n) is 6.31. The fourth-order valence-electron chi connectivity index (χ4n) is 3.29. The summed E-state index contributed by atoms with van der Waals surface area (Å²) in [6.45, 7) is 2.07. The molecule has 0 unspecified atom stereocenters. The van der Waals surface area contributed by atoms with Crippen molar-refractivity contribution in [3.63, 3.8) is 0 Å². The lowest BCUT2D eigenvalue weighted by atomic mass is 10.1. The maximum absolute atomic E-state index is 4.34. The van der Waals surface area contributed by atoms with Crippen LogP contribution >= 0.6 is 0 Å². The second kappa shape index (κ2) is 5.31. The molecule has 5 aromatic rings. The van der Waals surface area contributed by atoms with Crippen LogP contribution in [0.2, 0.25) is 0 Å². The lowest BCUT2D eigenvalue weighted by Crippen LogP contribution is -1.95. The number of H-pyrrole nitrogens is 2. The standard InChI is InChI=1S/C19H16N6/c1-12-7-14-6-5-13(9-18(14)21-12)8-15-11-25(24-22-15)19-4-2-3-17-16(19)10-20-23-17/h2-7,9-11,21H,8H2,1H3,(H,20,23). The van der Waals surface area contributed by atoms with Gasteiger partial charge in [0.2, 0.25) is 0 Å². The molecule has 0 radical (unpaired) electrons. The van der Waals surface area contributed by atoms with Crippen LogP contribution in [0.3, 0.4) is 0 Å². The van der Waals surface area contributed by atoms with E-state index in [1.807, 2.05) is 35.3 Å². The molecule has 2 N–H and O–H groups in total. The molecule has 0 atom stereocenters. The predicted octanol–water partition coefficient (Wildman–Crippen LogP) is 3.52. The van der Waals surface area contributed by atoms with Gasteiger partial charge < -0.3 is 4.98 Å². The van der Waals surface area contributed by atoms with Crippen LogP contribution in [-0.4, -0.2) is 30.2 Å². The SMILES string of the molecule is Cc1cc2ccc(Cc3cn(-c4cccc5[nH]ncc45)nn3)cc2[nH]1. The van der Waals surface area contributed by atoms with Crippen LogP contribution in [0.25, 0.3) is 27.5 Å². The fraction of sp³-hybridized carbons (Fsp3) is 0.105. The molecule has 0 fully saturated rings. The van der Waals surface area contributed by atoms with E-state index < -0.39 is 0 Å². The fourth-order valence-corrected chi connectivity index (χ4v) is 3.29. The third-order valence-electron chi connectivity index (χ3n) is 4.46. The van der Waals surface area contributed by atoms with Gasteiger partial charge in [0.1, 0.15) is 0 Å². The van der Waals surface area contributed by atoms with Crippen LogP contribution < -0.4 is 0 Å². The summed E-state index contributed by atoms with van der Waals surface area (Å²) in [5.74, 6) is 0. The average molecular weight is 328 g/mol. The Balaban J connectivity index is 1.48. The molecule has 6 nitrogen and oxygen atoms in total. The largest absolute Gasteiger partial charge is 0.359 e. The first-order valence-corrected chi connectivity index (χ1v) is 8.18. The Kier molecular flexibility index (Phi) is 2.97. The number of nitrogens with zero attached hydrogens (tertiary/aromatic N) is 4. The lowest BCUT2D eigenvalue weighted by molar-refractivity contribution is 0.803. The van der Waals surface area contributed by atoms with Gasteiger partial charge >= 0.3 is 0 Å². The number of hydrogen-bond donors (Lipinski definition) is 2. The van der Waals surface area contributed by atoms with Crippen molar-refractivity contribution >= 4 is 21.8 Å². The number of benzene rings is 2. The quantitative estimate of drug-likeness (QED) is 0.532. The van der Waals surface area contributed by atoms with Crippen LogP contribution in [0.4, 0.5) is 0 Å². The summed E-state index contributed by atoms with van der Waals surface area (Å²) < 4.78 is 1.81. The first-order chi connectivity index (χ1) is 12.3. The van der Waals surface area contributed by atoms with Gasteiger partial charge in [-0.3, -0.25) is 5.10 Å². The minimum absolute atomic E-state index is 0.745. The van der Waals surface area contributed by atoms with Gasteiger partial charge in [0.15, 0.2) is 0 Å². The lowest BCUT2D eigenvalue weighted by Gasteiger charge is -2.01. The Morgan fingerprint density at radius 3 is 3.00 bits per heavy atom. The molecule has 2 aromatic carbocycles. The third-order valence-corrected chi connectivity index (χ3v) is 4.46. The highest BCUT2D eigenvalue weighted by Crippen LogP contribution is 2.21. The third kappa shape index (κ3) is 2.39.